The van der Waals surface area contributed by atoms with E-state index < -0.39 is 0 Å². The van der Waals surface area contributed by atoms with Crippen LogP contribution in [0.3, 0.4) is 0 Å². The first-order valence-corrected chi connectivity index (χ1v) is 3.73. The summed E-state index contributed by atoms with van der Waals surface area (Å²) in [6, 6.07) is 1.81. The third-order valence-corrected chi connectivity index (χ3v) is 1.85. The molecule has 0 aromatic carbocycles. The van der Waals surface area contributed by atoms with Crippen LogP contribution in [0.25, 0.3) is 0 Å². The Balaban J connectivity index is 3.28. The average molecular weight is 169 g/mol. The Hall–Kier alpha value is -0.900. The van der Waals surface area contributed by atoms with Crippen LogP contribution in [0.5, 0.6) is 0 Å². The Kier molecular flexibility index (Phi) is 2.24. The van der Waals surface area contributed by atoms with Crippen LogP contribution < -0.4 is 4.90 Å². The van der Waals surface area contributed by atoms with Gasteiger partial charge >= 0.3 is 0 Å². The SMILES string of the molecule is CN(C)c1nccc(=S)n1C. The van der Waals surface area contributed by atoms with E-state index in [-0.39, 0.29) is 0 Å². The molecule has 1 aromatic heterocycles. The summed E-state index contributed by atoms with van der Waals surface area (Å²) in [6.07, 6.45) is 1.72. The third-order valence-electron chi connectivity index (χ3n) is 1.44. The van der Waals surface area contributed by atoms with Gasteiger partial charge in [0.2, 0.25) is 5.95 Å². The van der Waals surface area contributed by atoms with Crippen LogP contribution in [0.2, 0.25) is 0 Å². The molecule has 0 radical (unpaired) electrons. The zero-order valence-electron chi connectivity index (χ0n) is 6.90. The lowest BCUT2D eigenvalue weighted by molar-refractivity contribution is 0.813. The van der Waals surface area contributed by atoms with Gasteiger partial charge in [-0.2, -0.15) is 0 Å². The molecule has 1 rings (SSSR count). The normalized spacial score (nSPS) is 9.73. The van der Waals surface area contributed by atoms with E-state index in [1.807, 2.05) is 36.7 Å². The van der Waals surface area contributed by atoms with Crippen LogP contribution in [-0.4, -0.2) is 23.6 Å². The number of hydrogen-bond donors (Lipinski definition) is 0. The molecule has 1 aromatic rings. The maximum atomic E-state index is 5.06. The molecule has 0 spiro atoms. The van der Waals surface area contributed by atoms with E-state index in [9.17, 15) is 0 Å². The Labute approximate surface area is 71.3 Å². The van der Waals surface area contributed by atoms with Gasteiger partial charge in [-0.1, -0.05) is 12.2 Å². The van der Waals surface area contributed by atoms with Crippen LogP contribution in [0.15, 0.2) is 12.3 Å². The Bertz CT molecular complexity index is 303. The fourth-order valence-electron chi connectivity index (χ4n) is 0.880. The summed E-state index contributed by atoms with van der Waals surface area (Å²) in [6.45, 7) is 0. The quantitative estimate of drug-likeness (QED) is 0.590. The summed E-state index contributed by atoms with van der Waals surface area (Å²) < 4.78 is 2.67. The third kappa shape index (κ3) is 1.57. The summed E-state index contributed by atoms with van der Waals surface area (Å²) in [7, 11) is 5.79. The highest BCUT2D eigenvalue weighted by Crippen LogP contribution is 2.04. The Morgan fingerprint density at radius 1 is 1.55 bits per heavy atom. The van der Waals surface area contributed by atoms with Gasteiger partial charge in [0, 0.05) is 27.3 Å². The van der Waals surface area contributed by atoms with Crippen molar-refractivity contribution in [3.63, 3.8) is 0 Å². The van der Waals surface area contributed by atoms with Crippen molar-refractivity contribution in [2.45, 2.75) is 0 Å². The molecular weight excluding hydrogens is 158 g/mol. The molecule has 3 nitrogen and oxygen atoms in total. The van der Waals surface area contributed by atoms with Crippen molar-refractivity contribution in [2.24, 2.45) is 7.05 Å². The standard InChI is InChI=1S/C7H11N3S/c1-9(2)7-8-5-4-6(11)10(7)3/h4-5H,1-3H3. The van der Waals surface area contributed by atoms with E-state index in [0.717, 1.165) is 10.6 Å². The second-order valence-corrected chi connectivity index (χ2v) is 2.95. The smallest absolute Gasteiger partial charge is 0.205 e. The lowest BCUT2D eigenvalue weighted by atomic mass is 10.6. The number of anilines is 1. The lowest BCUT2D eigenvalue weighted by Crippen LogP contribution is -2.16. The van der Waals surface area contributed by atoms with Crippen molar-refractivity contribution in [3.8, 4) is 0 Å². The van der Waals surface area contributed by atoms with E-state index in [0.29, 0.717) is 0 Å². The van der Waals surface area contributed by atoms with Gasteiger partial charge in [0.15, 0.2) is 0 Å². The number of hydrogen-bond acceptors (Lipinski definition) is 3. The van der Waals surface area contributed by atoms with E-state index in [2.05, 4.69) is 4.98 Å². The Morgan fingerprint density at radius 2 is 2.18 bits per heavy atom. The molecule has 0 unspecified atom stereocenters. The van der Waals surface area contributed by atoms with E-state index in [1.165, 1.54) is 0 Å². The zero-order chi connectivity index (χ0) is 8.43. The zero-order valence-corrected chi connectivity index (χ0v) is 7.72. The summed E-state index contributed by atoms with van der Waals surface area (Å²) in [5, 5.41) is 0. The van der Waals surface area contributed by atoms with E-state index in [1.54, 1.807) is 6.20 Å². The average Bonchev–Trinajstić information content (AvgIpc) is 1.94. The van der Waals surface area contributed by atoms with E-state index >= 15 is 0 Å². The van der Waals surface area contributed by atoms with Crippen molar-refractivity contribution in [3.05, 3.63) is 16.9 Å². The van der Waals surface area contributed by atoms with Crippen LogP contribution >= 0.6 is 12.2 Å². The molecule has 0 aliphatic rings. The fourth-order valence-corrected chi connectivity index (χ4v) is 1.02. The van der Waals surface area contributed by atoms with E-state index in [4.69, 9.17) is 12.2 Å². The van der Waals surface area contributed by atoms with Crippen LogP contribution in [0, 0.1) is 4.64 Å². The summed E-state index contributed by atoms with van der Waals surface area (Å²) >= 11 is 5.06. The topological polar surface area (TPSA) is 21.1 Å². The highest BCUT2D eigenvalue weighted by molar-refractivity contribution is 7.71. The molecule has 0 bridgehead atoms. The molecule has 0 saturated carbocycles. The first-order chi connectivity index (χ1) is 5.13. The molecule has 0 amide bonds. The molecule has 0 fully saturated rings. The van der Waals surface area contributed by atoms with Crippen LogP contribution in [0.1, 0.15) is 0 Å². The summed E-state index contributed by atoms with van der Waals surface area (Å²) in [5.74, 6) is 0.873. The van der Waals surface area contributed by atoms with Crippen molar-refractivity contribution in [1.82, 2.24) is 9.55 Å². The second-order valence-electron chi connectivity index (χ2n) is 2.54. The molecule has 11 heavy (non-hydrogen) atoms. The molecule has 4 heteroatoms. The van der Waals surface area contributed by atoms with Crippen LogP contribution in [0.4, 0.5) is 5.95 Å². The molecular formula is C7H11N3S. The first kappa shape index (κ1) is 8.20. The predicted molar refractivity (Wildman–Crippen MR) is 48.4 cm³/mol. The van der Waals surface area contributed by atoms with Crippen LogP contribution in [-0.2, 0) is 7.05 Å². The highest BCUT2D eigenvalue weighted by atomic mass is 32.1. The highest BCUT2D eigenvalue weighted by Gasteiger charge is 1.98. The van der Waals surface area contributed by atoms with Gasteiger partial charge in [-0.05, 0) is 6.07 Å². The molecule has 60 valence electrons. The minimum Gasteiger partial charge on any atom is -0.348 e. The summed E-state index contributed by atoms with van der Waals surface area (Å²) in [5.41, 5.74) is 0. The van der Waals surface area contributed by atoms with Gasteiger partial charge in [0.05, 0.1) is 0 Å². The van der Waals surface area contributed by atoms with Crippen molar-refractivity contribution < 1.29 is 0 Å². The monoisotopic (exact) mass is 169 g/mol. The van der Waals surface area contributed by atoms with Crippen molar-refractivity contribution >= 4 is 18.2 Å². The number of aromatic nitrogens is 2. The lowest BCUT2D eigenvalue weighted by Gasteiger charge is -2.14. The first-order valence-electron chi connectivity index (χ1n) is 3.32. The minimum absolute atomic E-state index is 0.795. The van der Waals surface area contributed by atoms with Crippen molar-refractivity contribution in [2.75, 3.05) is 19.0 Å². The fraction of sp³-hybridized carbons (Fsp3) is 0.429. The van der Waals surface area contributed by atoms with Gasteiger partial charge in [0.25, 0.3) is 0 Å². The molecule has 1 heterocycles. The van der Waals surface area contributed by atoms with Crippen molar-refractivity contribution in [1.29, 1.82) is 0 Å². The number of nitrogens with zero attached hydrogens (tertiary/aromatic N) is 3. The molecule has 0 saturated heterocycles. The molecule has 0 aliphatic heterocycles. The van der Waals surface area contributed by atoms with Gasteiger partial charge in [-0.15, -0.1) is 0 Å². The second kappa shape index (κ2) is 3.00. The van der Waals surface area contributed by atoms with Gasteiger partial charge in [-0.3, -0.25) is 0 Å². The van der Waals surface area contributed by atoms with Gasteiger partial charge < -0.3 is 9.47 Å². The Morgan fingerprint density at radius 3 is 2.64 bits per heavy atom. The summed E-state index contributed by atoms with van der Waals surface area (Å²) in [4.78, 5) is 6.09. The minimum atomic E-state index is 0.795. The maximum absolute atomic E-state index is 5.06. The number of rotatable bonds is 1. The van der Waals surface area contributed by atoms with Gasteiger partial charge in [-0.25, -0.2) is 4.98 Å². The molecule has 0 N–H and O–H groups in total. The molecule has 0 atom stereocenters. The van der Waals surface area contributed by atoms with Gasteiger partial charge in [0.1, 0.15) is 4.64 Å². The maximum Gasteiger partial charge on any atom is 0.205 e. The molecule has 0 aliphatic carbocycles. The predicted octanol–water partition coefficient (Wildman–Crippen LogP) is 1.22. The largest absolute Gasteiger partial charge is 0.348 e.